The van der Waals surface area contributed by atoms with Gasteiger partial charge in [-0.3, -0.25) is 0 Å². The van der Waals surface area contributed by atoms with Crippen molar-refractivity contribution in [3.05, 3.63) is 85.0 Å². The van der Waals surface area contributed by atoms with Crippen LogP contribution in [0.5, 0.6) is 0 Å². The fourth-order valence-corrected chi connectivity index (χ4v) is 2.32. The lowest BCUT2D eigenvalue weighted by molar-refractivity contribution is 0.426. The van der Waals surface area contributed by atoms with E-state index in [0.29, 0.717) is 5.46 Å². The number of hydrogen-bond donors (Lipinski definition) is 2. The number of allylic oxidation sites excluding steroid dienone is 5. The molecule has 2 rings (SSSR count). The van der Waals surface area contributed by atoms with Crippen molar-refractivity contribution in [1.82, 2.24) is 0 Å². The highest BCUT2D eigenvalue weighted by Gasteiger charge is 2.14. The van der Waals surface area contributed by atoms with Gasteiger partial charge in [0.1, 0.15) is 0 Å². The summed E-state index contributed by atoms with van der Waals surface area (Å²) < 4.78 is 0. The van der Waals surface area contributed by atoms with Crippen LogP contribution >= 0.6 is 0 Å². The van der Waals surface area contributed by atoms with Crippen LogP contribution in [-0.2, 0) is 0 Å². The second-order valence-electron chi connectivity index (χ2n) is 4.94. The lowest BCUT2D eigenvalue weighted by Gasteiger charge is -2.11. The molecule has 0 bridgehead atoms. The Kier molecular flexibility index (Phi) is 5.53. The van der Waals surface area contributed by atoms with Gasteiger partial charge in [0.2, 0.25) is 0 Å². The average Bonchev–Trinajstić information content (AvgIpc) is 2.55. The maximum Gasteiger partial charge on any atom is 0.488 e. The van der Waals surface area contributed by atoms with E-state index in [4.69, 9.17) is 0 Å². The molecule has 2 aromatic rings. The summed E-state index contributed by atoms with van der Waals surface area (Å²) in [6.07, 6.45) is 7.54. The van der Waals surface area contributed by atoms with E-state index in [2.05, 4.69) is 6.58 Å². The molecule has 0 aliphatic rings. The van der Waals surface area contributed by atoms with E-state index < -0.39 is 7.12 Å². The van der Waals surface area contributed by atoms with Crippen LogP contribution in [0.25, 0.3) is 16.7 Å². The van der Waals surface area contributed by atoms with E-state index in [0.717, 1.165) is 22.3 Å². The molecule has 2 aromatic carbocycles. The molecule has 0 aliphatic heterocycles. The quantitative estimate of drug-likeness (QED) is 0.656. The molecule has 0 atom stereocenters. The van der Waals surface area contributed by atoms with Crippen molar-refractivity contribution in [3.63, 3.8) is 0 Å². The molecule has 0 saturated heterocycles. The zero-order valence-corrected chi connectivity index (χ0v) is 12.6. The summed E-state index contributed by atoms with van der Waals surface area (Å²) in [6, 6.07) is 15.5. The lowest BCUT2D eigenvalue weighted by Crippen LogP contribution is -2.30. The third-order valence-corrected chi connectivity index (χ3v) is 3.34. The van der Waals surface area contributed by atoms with Gasteiger partial charge in [-0.1, -0.05) is 73.3 Å². The summed E-state index contributed by atoms with van der Waals surface area (Å²) in [4.78, 5) is 0. The van der Waals surface area contributed by atoms with Gasteiger partial charge in [-0.05, 0) is 40.7 Å². The topological polar surface area (TPSA) is 40.5 Å². The van der Waals surface area contributed by atoms with Gasteiger partial charge in [-0.25, -0.2) is 0 Å². The molecule has 0 saturated carbocycles. The zero-order chi connectivity index (χ0) is 15.9. The van der Waals surface area contributed by atoms with Gasteiger partial charge in [-0.15, -0.1) is 0 Å². The molecule has 0 fully saturated rings. The van der Waals surface area contributed by atoms with Gasteiger partial charge >= 0.3 is 7.12 Å². The SMILES string of the molecule is C=C/C=C(\C=C/C)c1cc(B(O)O)cc(-c2ccccc2)c1. The second kappa shape index (κ2) is 7.60. The van der Waals surface area contributed by atoms with Gasteiger partial charge in [0.05, 0.1) is 0 Å². The first kappa shape index (κ1) is 16.0. The predicted octanol–water partition coefficient (Wildman–Crippen LogP) is 3.18. The number of benzene rings is 2. The summed E-state index contributed by atoms with van der Waals surface area (Å²) >= 11 is 0. The van der Waals surface area contributed by atoms with Crippen LogP contribution in [0.2, 0.25) is 0 Å². The van der Waals surface area contributed by atoms with Gasteiger partial charge in [0.15, 0.2) is 0 Å². The summed E-state index contributed by atoms with van der Waals surface area (Å²) in [6.45, 7) is 5.68. The Morgan fingerprint density at radius 3 is 2.36 bits per heavy atom. The van der Waals surface area contributed by atoms with Crippen LogP contribution in [0.15, 0.2) is 79.4 Å². The Morgan fingerprint density at radius 1 is 1.05 bits per heavy atom. The third-order valence-electron chi connectivity index (χ3n) is 3.34. The molecule has 110 valence electrons. The van der Waals surface area contributed by atoms with Gasteiger partial charge in [-0.2, -0.15) is 0 Å². The smallest absolute Gasteiger partial charge is 0.423 e. The van der Waals surface area contributed by atoms with Crippen molar-refractivity contribution in [2.75, 3.05) is 0 Å². The monoisotopic (exact) mass is 290 g/mol. The van der Waals surface area contributed by atoms with Gasteiger partial charge < -0.3 is 10.0 Å². The van der Waals surface area contributed by atoms with Crippen LogP contribution in [0, 0.1) is 0 Å². The Hall–Kier alpha value is -2.36. The van der Waals surface area contributed by atoms with Crippen molar-refractivity contribution in [2.45, 2.75) is 6.92 Å². The molecule has 0 aliphatic carbocycles. The third kappa shape index (κ3) is 3.85. The molecule has 0 radical (unpaired) electrons. The van der Waals surface area contributed by atoms with Crippen molar-refractivity contribution in [1.29, 1.82) is 0 Å². The first-order valence-corrected chi connectivity index (χ1v) is 7.18. The van der Waals surface area contributed by atoms with Crippen LogP contribution in [0.1, 0.15) is 12.5 Å². The highest BCUT2D eigenvalue weighted by molar-refractivity contribution is 6.58. The van der Waals surface area contributed by atoms with Crippen LogP contribution in [-0.4, -0.2) is 17.2 Å². The van der Waals surface area contributed by atoms with E-state index in [1.807, 2.05) is 61.5 Å². The minimum Gasteiger partial charge on any atom is -0.423 e. The highest BCUT2D eigenvalue weighted by atomic mass is 16.4. The lowest BCUT2D eigenvalue weighted by atomic mass is 9.77. The predicted molar refractivity (Wildman–Crippen MR) is 94.7 cm³/mol. The van der Waals surface area contributed by atoms with E-state index in [1.54, 1.807) is 18.2 Å². The van der Waals surface area contributed by atoms with E-state index in [-0.39, 0.29) is 0 Å². The average molecular weight is 290 g/mol. The molecule has 0 aromatic heterocycles. The molecule has 0 spiro atoms. The first-order chi connectivity index (χ1) is 10.7. The molecular weight excluding hydrogens is 271 g/mol. The molecule has 0 amide bonds. The fraction of sp³-hybridized carbons (Fsp3) is 0.0526. The fourth-order valence-electron chi connectivity index (χ4n) is 2.32. The minimum atomic E-state index is -1.50. The maximum absolute atomic E-state index is 9.56. The van der Waals surface area contributed by atoms with Crippen molar-refractivity contribution in [2.24, 2.45) is 0 Å². The highest BCUT2D eigenvalue weighted by Crippen LogP contribution is 2.24. The number of rotatable bonds is 5. The summed E-state index contributed by atoms with van der Waals surface area (Å²) in [5.41, 5.74) is 4.33. The maximum atomic E-state index is 9.56. The molecule has 0 unspecified atom stereocenters. The van der Waals surface area contributed by atoms with Crippen LogP contribution < -0.4 is 5.46 Å². The van der Waals surface area contributed by atoms with Gasteiger partial charge in [0.25, 0.3) is 0 Å². The van der Waals surface area contributed by atoms with Gasteiger partial charge in [0, 0.05) is 0 Å². The van der Waals surface area contributed by atoms with Crippen molar-refractivity contribution in [3.8, 4) is 11.1 Å². The summed E-state index contributed by atoms with van der Waals surface area (Å²) in [5.74, 6) is 0. The molecule has 2 nitrogen and oxygen atoms in total. The Labute approximate surface area is 131 Å². The minimum absolute atomic E-state index is 0.468. The van der Waals surface area contributed by atoms with Crippen molar-refractivity contribution < 1.29 is 10.0 Å². The van der Waals surface area contributed by atoms with Crippen molar-refractivity contribution >= 4 is 18.2 Å². The second-order valence-corrected chi connectivity index (χ2v) is 4.94. The Morgan fingerprint density at radius 2 is 1.77 bits per heavy atom. The van der Waals surface area contributed by atoms with E-state index in [9.17, 15) is 10.0 Å². The number of hydrogen-bond acceptors (Lipinski definition) is 2. The zero-order valence-electron chi connectivity index (χ0n) is 12.6. The van der Waals surface area contributed by atoms with E-state index in [1.165, 1.54) is 0 Å². The molecule has 22 heavy (non-hydrogen) atoms. The Bertz CT molecular complexity index is 701. The van der Waals surface area contributed by atoms with Crippen LogP contribution in [0.3, 0.4) is 0 Å². The molecule has 3 heteroatoms. The molecular formula is C19H19BO2. The molecule has 0 heterocycles. The molecule has 2 N–H and O–H groups in total. The first-order valence-electron chi connectivity index (χ1n) is 7.18. The summed E-state index contributed by atoms with van der Waals surface area (Å²) in [5, 5.41) is 19.1. The summed E-state index contributed by atoms with van der Waals surface area (Å²) in [7, 11) is -1.50. The van der Waals surface area contributed by atoms with Crippen LogP contribution in [0.4, 0.5) is 0 Å². The Balaban J connectivity index is 2.62. The van der Waals surface area contributed by atoms with E-state index >= 15 is 0 Å². The normalized spacial score (nSPS) is 11.7. The standard InChI is InChI=1S/C19H19BO2/c1-3-8-15(9-4-2)17-12-18(14-19(13-17)20(21)22)16-10-6-5-7-11-16/h3-14,21-22H,1H2,2H3/b9-4-,15-8+. The largest absolute Gasteiger partial charge is 0.488 e.